The van der Waals surface area contributed by atoms with Crippen LogP contribution in [0, 0.1) is 0 Å². The molecule has 0 unspecified atom stereocenters. The molecule has 0 aliphatic heterocycles. The summed E-state index contributed by atoms with van der Waals surface area (Å²) in [6, 6.07) is 9.89. The molecule has 0 saturated carbocycles. The highest BCUT2D eigenvalue weighted by Crippen LogP contribution is 2.25. The molecular formula is C16H14N4O3. The Morgan fingerprint density at radius 3 is 2.65 bits per heavy atom. The molecule has 7 nitrogen and oxygen atoms in total. The number of carboxylic acids is 1. The summed E-state index contributed by atoms with van der Waals surface area (Å²) in [6.07, 6.45) is 1.56. The minimum Gasteiger partial charge on any atom is -0.506 e. The second-order valence-electron chi connectivity index (χ2n) is 5.02. The van der Waals surface area contributed by atoms with Gasteiger partial charge in [0.1, 0.15) is 11.3 Å². The molecule has 1 heterocycles. The third-order valence-corrected chi connectivity index (χ3v) is 3.37. The van der Waals surface area contributed by atoms with Crippen LogP contribution in [0.15, 0.2) is 42.6 Å². The van der Waals surface area contributed by atoms with Crippen molar-refractivity contribution in [2.75, 3.05) is 11.1 Å². The largest absolute Gasteiger partial charge is 0.506 e. The van der Waals surface area contributed by atoms with E-state index in [0.29, 0.717) is 17.4 Å². The topological polar surface area (TPSA) is 121 Å². The van der Waals surface area contributed by atoms with E-state index in [4.69, 9.17) is 10.8 Å². The first-order valence-electron chi connectivity index (χ1n) is 6.84. The monoisotopic (exact) mass is 310 g/mol. The third-order valence-electron chi connectivity index (χ3n) is 3.37. The lowest BCUT2D eigenvalue weighted by molar-refractivity contribution is 0.0697. The van der Waals surface area contributed by atoms with E-state index in [0.717, 1.165) is 11.3 Å². The number of nitrogen functional groups attached to an aromatic ring is 1. The number of nitrogens with zero attached hydrogens (tertiary/aromatic N) is 2. The molecule has 23 heavy (non-hydrogen) atoms. The molecule has 7 heteroatoms. The molecule has 0 bridgehead atoms. The fourth-order valence-electron chi connectivity index (χ4n) is 2.24. The maximum absolute atomic E-state index is 10.8. The predicted octanol–water partition coefficient (Wildman–Crippen LogP) is 2.23. The van der Waals surface area contributed by atoms with Gasteiger partial charge in [-0.3, -0.25) is 0 Å². The number of rotatable bonds is 4. The number of benzene rings is 2. The lowest BCUT2D eigenvalue weighted by atomic mass is 10.1. The van der Waals surface area contributed by atoms with E-state index in [-0.39, 0.29) is 17.3 Å². The number of hydrogen-bond donors (Lipinski definition) is 4. The predicted molar refractivity (Wildman–Crippen MR) is 86.3 cm³/mol. The van der Waals surface area contributed by atoms with Crippen LogP contribution in [-0.2, 0) is 6.54 Å². The van der Waals surface area contributed by atoms with Gasteiger partial charge in [0, 0.05) is 23.8 Å². The summed E-state index contributed by atoms with van der Waals surface area (Å²) in [5.74, 6) is -0.818. The Bertz CT molecular complexity index is 878. The first kappa shape index (κ1) is 14.6. The van der Waals surface area contributed by atoms with Crippen molar-refractivity contribution in [3.63, 3.8) is 0 Å². The van der Waals surface area contributed by atoms with Crippen molar-refractivity contribution in [2.24, 2.45) is 0 Å². The van der Waals surface area contributed by atoms with Crippen LogP contribution in [-0.4, -0.2) is 26.2 Å². The molecule has 0 fully saturated rings. The maximum atomic E-state index is 10.8. The summed E-state index contributed by atoms with van der Waals surface area (Å²) < 4.78 is 0. The van der Waals surface area contributed by atoms with Crippen LogP contribution in [0.4, 0.5) is 11.6 Å². The van der Waals surface area contributed by atoms with Crippen molar-refractivity contribution in [3.05, 3.63) is 53.7 Å². The number of aromatic nitrogens is 2. The molecule has 116 valence electrons. The van der Waals surface area contributed by atoms with Gasteiger partial charge < -0.3 is 21.3 Å². The Kier molecular flexibility index (Phi) is 3.68. The Balaban J connectivity index is 1.79. The fraction of sp³-hybridized carbons (Fsp3) is 0.0625. The van der Waals surface area contributed by atoms with Gasteiger partial charge in [-0.05, 0) is 42.0 Å². The van der Waals surface area contributed by atoms with Gasteiger partial charge in [-0.2, -0.15) is 0 Å². The number of carbonyl (C=O) groups is 1. The van der Waals surface area contributed by atoms with Gasteiger partial charge in [0.2, 0.25) is 5.95 Å². The summed E-state index contributed by atoms with van der Waals surface area (Å²) >= 11 is 0. The summed E-state index contributed by atoms with van der Waals surface area (Å²) in [5.41, 5.74) is 7.77. The highest BCUT2D eigenvalue weighted by Gasteiger charge is 2.06. The first-order valence-corrected chi connectivity index (χ1v) is 6.84. The minimum absolute atomic E-state index is 0.0367. The van der Waals surface area contributed by atoms with Gasteiger partial charge in [0.05, 0.1) is 5.56 Å². The second kappa shape index (κ2) is 5.80. The van der Waals surface area contributed by atoms with E-state index in [1.54, 1.807) is 24.4 Å². The molecule has 3 aromatic rings. The van der Waals surface area contributed by atoms with Crippen LogP contribution in [0.3, 0.4) is 0 Å². The number of fused-ring (bicyclic) bond motifs is 1. The normalized spacial score (nSPS) is 10.6. The van der Waals surface area contributed by atoms with E-state index in [1.165, 1.54) is 12.1 Å². The lowest BCUT2D eigenvalue weighted by Gasteiger charge is -2.09. The van der Waals surface area contributed by atoms with Crippen LogP contribution in [0.1, 0.15) is 15.9 Å². The number of aromatic hydroxyl groups is 1. The summed E-state index contributed by atoms with van der Waals surface area (Å²) in [4.78, 5) is 18.7. The van der Waals surface area contributed by atoms with Crippen molar-refractivity contribution >= 4 is 28.5 Å². The average molecular weight is 310 g/mol. The van der Waals surface area contributed by atoms with Crippen LogP contribution < -0.4 is 11.1 Å². The van der Waals surface area contributed by atoms with E-state index in [1.807, 2.05) is 6.07 Å². The summed E-state index contributed by atoms with van der Waals surface area (Å²) in [6.45, 7) is 0.459. The Labute approximate surface area is 131 Å². The van der Waals surface area contributed by atoms with Crippen LogP contribution in [0.2, 0.25) is 0 Å². The maximum Gasteiger partial charge on any atom is 0.335 e. The van der Waals surface area contributed by atoms with E-state index >= 15 is 0 Å². The molecule has 0 amide bonds. The SMILES string of the molecule is Nc1ncc2cc(CNc3ccc(C(=O)O)cc3)cc(O)c2n1. The van der Waals surface area contributed by atoms with Crippen molar-refractivity contribution in [1.29, 1.82) is 0 Å². The molecule has 5 N–H and O–H groups in total. The number of nitrogens with one attached hydrogen (secondary N) is 1. The lowest BCUT2D eigenvalue weighted by Crippen LogP contribution is -2.01. The Hall–Kier alpha value is -3.35. The second-order valence-corrected chi connectivity index (χ2v) is 5.02. The van der Waals surface area contributed by atoms with E-state index in [9.17, 15) is 9.90 Å². The third kappa shape index (κ3) is 3.13. The van der Waals surface area contributed by atoms with E-state index in [2.05, 4.69) is 15.3 Å². The molecule has 0 spiro atoms. The number of aromatic carboxylic acids is 1. The highest BCUT2D eigenvalue weighted by molar-refractivity contribution is 5.88. The van der Waals surface area contributed by atoms with Crippen molar-refractivity contribution < 1.29 is 15.0 Å². The van der Waals surface area contributed by atoms with Gasteiger partial charge in [0.15, 0.2) is 0 Å². The fourth-order valence-corrected chi connectivity index (χ4v) is 2.24. The molecular weight excluding hydrogens is 296 g/mol. The van der Waals surface area contributed by atoms with Crippen molar-refractivity contribution in [2.45, 2.75) is 6.54 Å². The molecule has 0 atom stereocenters. The quantitative estimate of drug-likeness (QED) is 0.583. The van der Waals surface area contributed by atoms with Crippen LogP contribution in [0.25, 0.3) is 10.9 Å². The van der Waals surface area contributed by atoms with Crippen LogP contribution >= 0.6 is 0 Å². The molecule has 0 aliphatic rings. The molecule has 3 rings (SSSR count). The van der Waals surface area contributed by atoms with Crippen LogP contribution in [0.5, 0.6) is 5.75 Å². The zero-order valence-electron chi connectivity index (χ0n) is 12.0. The number of anilines is 2. The number of nitrogens with two attached hydrogens (primary N) is 1. The molecule has 0 aliphatic carbocycles. The van der Waals surface area contributed by atoms with Crippen molar-refractivity contribution in [1.82, 2.24) is 9.97 Å². The number of hydrogen-bond acceptors (Lipinski definition) is 6. The Morgan fingerprint density at radius 2 is 1.96 bits per heavy atom. The van der Waals surface area contributed by atoms with Gasteiger partial charge in [-0.25, -0.2) is 14.8 Å². The van der Waals surface area contributed by atoms with Gasteiger partial charge in [-0.1, -0.05) is 0 Å². The molecule has 0 saturated heterocycles. The number of carboxylic acid groups (broad SMARTS) is 1. The van der Waals surface area contributed by atoms with E-state index < -0.39 is 5.97 Å². The molecule has 2 aromatic carbocycles. The van der Waals surface area contributed by atoms with Crippen molar-refractivity contribution in [3.8, 4) is 5.75 Å². The molecule has 0 radical (unpaired) electrons. The Morgan fingerprint density at radius 1 is 1.22 bits per heavy atom. The summed E-state index contributed by atoms with van der Waals surface area (Å²) in [7, 11) is 0. The number of phenolic OH excluding ortho intramolecular Hbond substituents is 1. The van der Waals surface area contributed by atoms with Gasteiger partial charge >= 0.3 is 5.97 Å². The minimum atomic E-state index is -0.963. The summed E-state index contributed by atoms with van der Waals surface area (Å²) in [5, 5.41) is 22.8. The first-order chi connectivity index (χ1) is 11.0. The standard InChI is InChI=1S/C16H14N4O3/c17-16-19-8-11-5-9(6-13(21)14(11)20-16)7-18-12-3-1-10(2-4-12)15(22)23/h1-6,8,18,21H,7H2,(H,22,23)(H2,17,19,20). The smallest absolute Gasteiger partial charge is 0.335 e. The highest BCUT2D eigenvalue weighted by atomic mass is 16.4. The van der Waals surface area contributed by atoms with Gasteiger partial charge in [0.25, 0.3) is 0 Å². The van der Waals surface area contributed by atoms with Gasteiger partial charge in [-0.15, -0.1) is 0 Å². The molecule has 1 aromatic heterocycles. The average Bonchev–Trinajstić information content (AvgIpc) is 2.54. The number of phenols is 1. The zero-order chi connectivity index (χ0) is 16.4. The zero-order valence-corrected chi connectivity index (χ0v) is 12.0.